The van der Waals surface area contributed by atoms with E-state index in [9.17, 15) is 4.39 Å². The molecule has 2 aromatic rings. The van der Waals surface area contributed by atoms with Crippen LogP contribution in [0.2, 0.25) is 0 Å². The number of hydrogen-bond acceptors (Lipinski definition) is 1. The number of halogens is 1. The van der Waals surface area contributed by atoms with E-state index in [0.717, 1.165) is 18.5 Å². The summed E-state index contributed by atoms with van der Waals surface area (Å²) in [6.45, 7) is 6.74. The molecule has 0 heterocycles. The van der Waals surface area contributed by atoms with Gasteiger partial charge >= 0.3 is 0 Å². The van der Waals surface area contributed by atoms with Crippen LogP contribution in [0.4, 0.5) is 4.39 Å². The molecule has 1 nitrogen and oxygen atoms in total. The van der Waals surface area contributed by atoms with E-state index in [4.69, 9.17) is 0 Å². The Labute approximate surface area is 120 Å². The van der Waals surface area contributed by atoms with Crippen molar-refractivity contribution in [3.8, 4) is 0 Å². The highest BCUT2D eigenvalue weighted by molar-refractivity contribution is 5.37. The van der Waals surface area contributed by atoms with E-state index in [2.05, 4.69) is 24.4 Å². The van der Waals surface area contributed by atoms with E-state index < -0.39 is 0 Å². The fourth-order valence-corrected chi connectivity index (χ4v) is 2.51. The molecule has 0 fully saturated rings. The zero-order valence-electron chi connectivity index (χ0n) is 12.4. The van der Waals surface area contributed by atoms with Gasteiger partial charge in [-0.3, -0.25) is 0 Å². The Morgan fingerprint density at radius 1 is 1.00 bits per heavy atom. The molecular weight excluding hydrogens is 249 g/mol. The standard InChI is InChI=1S/C18H22FN/c1-4-10-20-18(15-8-6-5-7-9-15)16-11-13(2)17(19)14(3)12-16/h5-9,11-12,18,20H,4,10H2,1-3H3. The van der Waals surface area contributed by atoms with Gasteiger partial charge in [-0.15, -0.1) is 0 Å². The van der Waals surface area contributed by atoms with Crippen molar-refractivity contribution >= 4 is 0 Å². The van der Waals surface area contributed by atoms with E-state index in [0.29, 0.717) is 11.1 Å². The molecule has 2 heteroatoms. The van der Waals surface area contributed by atoms with Crippen LogP contribution in [-0.2, 0) is 0 Å². The first kappa shape index (κ1) is 14.7. The molecule has 106 valence electrons. The van der Waals surface area contributed by atoms with Gasteiger partial charge in [0.05, 0.1) is 6.04 Å². The number of nitrogens with one attached hydrogen (secondary N) is 1. The summed E-state index contributed by atoms with van der Waals surface area (Å²) in [5.41, 5.74) is 3.76. The third kappa shape index (κ3) is 3.26. The second kappa shape index (κ2) is 6.67. The first-order chi connectivity index (χ1) is 9.63. The quantitative estimate of drug-likeness (QED) is 0.842. The third-order valence-corrected chi connectivity index (χ3v) is 3.52. The fourth-order valence-electron chi connectivity index (χ4n) is 2.51. The van der Waals surface area contributed by atoms with Gasteiger partial charge in [-0.25, -0.2) is 4.39 Å². The van der Waals surface area contributed by atoms with Crippen LogP contribution in [-0.4, -0.2) is 6.54 Å². The first-order valence-corrected chi connectivity index (χ1v) is 7.18. The molecule has 1 N–H and O–H groups in total. The zero-order valence-corrected chi connectivity index (χ0v) is 12.4. The molecular formula is C18H22FN. The van der Waals surface area contributed by atoms with Crippen LogP contribution >= 0.6 is 0 Å². The molecule has 0 aromatic heterocycles. The number of benzene rings is 2. The lowest BCUT2D eigenvalue weighted by Gasteiger charge is -2.21. The van der Waals surface area contributed by atoms with Gasteiger partial charge in [0.25, 0.3) is 0 Å². The molecule has 1 atom stereocenters. The molecule has 0 radical (unpaired) electrons. The van der Waals surface area contributed by atoms with Gasteiger partial charge in [0, 0.05) is 0 Å². The van der Waals surface area contributed by atoms with E-state index in [1.54, 1.807) is 0 Å². The van der Waals surface area contributed by atoms with Crippen molar-refractivity contribution < 1.29 is 4.39 Å². The van der Waals surface area contributed by atoms with Crippen LogP contribution in [0.25, 0.3) is 0 Å². The average molecular weight is 271 g/mol. The van der Waals surface area contributed by atoms with Crippen molar-refractivity contribution in [1.82, 2.24) is 5.32 Å². The predicted octanol–water partition coefficient (Wildman–Crippen LogP) is 4.53. The van der Waals surface area contributed by atoms with E-state index >= 15 is 0 Å². The fraction of sp³-hybridized carbons (Fsp3) is 0.333. The maximum absolute atomic E-state index is 13.8. The van der Waals surface area contributed by atoms with Gasteiger partial charge in [0.2, 0.25) is 0 Å². The van der Waals surface area contributed by atoms with Crippen LogP contribution < -0.4 is 5.32 Å². The minimum absolute atomic E-state index is 0.101. The van der Waals surface area contributed by atoms with Gasteiger partial charge in [-0.2, -0.15) is 0 Å². The van der Waals surface area contributed by atoms with Gasteiger partial charge in [0.1, 0.15) is 5.82 Å². The van der Waals surface area contributed by atoms with Crippen molar-refractivity contribution in [1.29, 1.82) is 0 Å². The lowest BCUT2D eigenvalue weighted by molar-refractivity contribution is 0.586. The lowest BCUT2D eigenvalue weighted by atomic mass is 9.95. The van der Waals surface area contributed by atoms with Gasteiger partial charge in [-0.1, -0.05) is 49.4 Å². The molecule has 2 aromatic carbocycles. The third-order valence-electron chi connectivity index (χ3n) is 3.52. The molecule has 0 saturated heterocycles. The molecule has 20 heavy (non-hydrogen) atoms. The Hall–Kier alpha value is -1.67. The summed E-state index contributed by atoms with van der Waals surface area (Å²) in [5.74, 6) is -0.101. The monoisotopic (exact) mass is 271 g/mol. The Morgan fingerprint density at radius 2 is 1.60 bits per heavy atom. The highest BCUT2D eigenvalue weighted by Crippen LogP contribution is 2.25. The summed E-state index contributed by atoms with van der Waals surface area (Å²) in [4.78, 5) is 0. The largest absolute Gasteiger partial charge is 0.306 e. The van der Waals surface area contributed by atoms with Gasteiger partial charge < -0.3 is 5.32 Å². The van der Waals surface area contributed by atoms with Crippen LogP contribution in [0, 0.1) is 19.7 Å². The van der Waals surface area contributed by atoms with E-state index in [1.807, 2.05) is 44.2 Å². The second-order valence-electron chi connectivity index (χ2n) is 5.27. The summed E-state index contributed by atoms with van der Waals surface area (Å²) < 4.78 is 13.8. The molecule has 1 unspecified atom stereocenters. The number of rotatable bonds is 5. The molecule has 0 bridgehead atoms. The van der Waals surface area contributed by atoms with Crippen LogP contribution in [0.1, 0.15) is 41.6 Å². The van der Waals surface area contributed by atoms with Crippen molar-refractivity contribution in [3.63, 3.8) is 0 Å². The van der Waals surface area contributed by atoms with Crippen molar-refractivity contribution in [2.45, 2.75) is 33.2 Å². The Kier molecular flexibility index (Phi) is 4.91. The van der Waals surface area contributed by atoms with E-state index in [1.165, 1.54) is 5.56 Å². The highest BCUT2D eigenvalue weighted by Gasteiger charge is 2.15. The maximum Gasteiger partial charge on any atom is 0.129 e. The number of aryl methyl sites for hydroxylation is 2. The normalized spacial score (nSPS) is 12.4. The SMILES string of the molecule is CCCNC(c1ccccc1)c1cc(C)c(F)c(C)c1. The van der Waals surface area contributed by atoms with Crippen LogP contribution in [0.15, 0.2) is 42.5 Å². The molecule has 0 aliphatic heterocycles. The molecule has 0 saturated carbocycles. The topological polar surface area (TPSA) is 12.0 Å². The summed E-state index contributed by atoms with van der Waals surface area (Å²) in [5, 5.41) is 3.55. The molecule has 0 amide bonds. The summed E-state index contributed by atoms with van der Waals surface area (Å²) >= 11 is 0. The summed E-state index contributed by atoms with van der Waals surface area (Å²) in [6.07, 6.45) is 1.07. The Bertz CT molecular complexity index is 540. The molecule has 0 aliphatic carbocycles. The Balaban J connectivity index is 2.41. The average Bonchev–Trinajstić information content (AvgIpc) is 2.46. The highest BCUT2D eigenvalue weighted by atomic mass is 19.1. The maximum atomic E-state index is 13.8. The van der Waals surface area contributed by atoms with Crippen LogP contribution in [0.5, 0.6) is 0 Å². The van der Waals surface area contributed by atoms with Crippen molar-refractivity contribution in [2.24, 2.45) is 0 Å². The second-order valence-corrected chi connectivity index (χ2v) is 5.27. The molecule has 2 rings (SSSR count). The van der Waals surface area contributed by atoms with Crippen molar-refractivity contribution in [3.05, 3.63) is 70.5 Å². The van der Waals surface area contributed by atoms with Crippen molar-refractivity contribution in [2.75, 3.05) is 6.54 Å². The smallest absolute Gasteiger partial charge is 0.129 e. The van der Waals surface area contributed by atoms with Gasteiger partial charge in [0.15, 0.2) is 0 Å². The van der Waals surface area contributed by atoms with Crippen LogP contribution in [0.3, 0.4) is 0 Å². The lowest BCUT2D eigenvalue weighted by Crippen LogP contribution is -2.23. The predicted molar refractivity (Wildman–Crippen MR) is 82.5 cm³/mol. The van der Waals surface area contributed by atoms with Gasteiger partial charge in [-0.05, 0) is 49.1 Å². The zero-order chi connectivity index (χ0) is 14.5. The first-order valence-electron chi connectivity index (χ1n) is 7.18. The molecule has 0 spiro atoms. The minimum atomic E-state index is -0.101. The summed E-state index contributed by atoms with van der Waals surface area (Å²) in [6, 6.07) is 14.3. The van der Waals surface area contributed by atoms with E-state index in [-0.39, 0.29) is 11.9 Å². The number of hydrogen-bond donors (Lipinski definition) is 1. The Morgan fingerprint density at radius 3 is 2.15 bits per heavy atom. The summed E-state index contributed by atoms with van der Waals surface area (Å²) in [7, 11) is 0. The minimum Gasteiger partial charge on any atom is -0.306 e. The molecule has 0 aliphatic rings.